The second kappa shape index (κ2) is 7.82. The van der Waals surface area contributed by atoms with Crippen LogP contribution in [0.2, 0.25) is 0 Å². The number of hydrazone groups is 1. The molecule has 1 aliphatic heterocycles. The van der Waals surface area contributed by atoms with Crippen molar-refractivity contribution in [1.82, 2.24) is 5.01 Å². The van der Waals surface area contributed by atoms with E-state index in [2.05, 4.69) is 83.5 Å². The lowest BCUT2D eigenvalue weighted by Crippen LogP contribution is -2.44. The van der Waals surface area contributed by atoms with Gasteiger partial charge in [-0.1, -0.05) is 54.1 Å². The van der Waals surface area contributed by atoms with E-state index in [0.29, 0.717) is 0 Å². The molecule has 0 aromatic heterocycles. The van der Waals surface area contributed by atoms with E-state index in [0.717, 1.165) is 26.2 Å². The Balaban J connectivity index is 1.53. The van der Waals surface area contributed by atoms with Gasteiger partial charge in [-0.3, -0.25) is 5.01 Å². The number of hydrogen-bond donors (Lipinski definition) is 0. The second-order valence-electron chi connectivity index (χ2n) is 6.32. The molecule has 0 N–H and O–H groups in total. The minimum atomic E-state index is 0.961. The average Bonchev–Trinajstić information content (AvgIpc) is 2.62. The van der Waals surface area contributed by atoms with Crippen LogP contribution in [0.5, 0.6) is 0 Å². The summed E-state index contributed by atoms with van der Waals surface area (Å²) in [6.07, 6.45) is 4.13. The van der Waals surface area contributed by atoms with Crippen molar-refractivity contribution >= 4 is 18.0 Å². The molecule has 0 radical (unpaired) electrons. The predicted octanol–water partition coefficient (Wildman–Crippen LogP) is 4.21. The molecule has 0 spiro atoms. The number of benzene rings is 2. The average molecular weight is 319 g/mol. The molecule has 3 nitrogen and oxygen atoms in total. The van der Waals surface area contributed by atoms with Gasteiger partial charge in [0.25, 0.3) is 0 Å². The fraction of sp³-hybridized carbons (Fsp3) is 0.286. The molecule has 0 aliphatic carbocycles. The summed E-state index contributed by atoms with van der Waals surface area (Å²) in [5.41, 5.74) is 5.00. The molecule has 2 aromatic carbocycles. The number of allylic oxidation sites excluding steroid dienone is 1. The monoisotopic (exact) mass is 319 g/mol. The van der Waals surface area contributed by atoms with Crippen LogP contribution in [0.3, 0.4) is 0 Å². The molecular formula is C21H25N3. The molecule has 0 atom stereocenters. The molecular weight excluding hydrogens is 294 g/mol. The minimum Gasteiger partial charge on any atom is -0.368 e. The smallest absolute Gasteiger partial charge is 0.0536 e. The molecule has 1 saturated heterocycles. The van der Waals surface area contributed by atoms with Crippen molar-refractivity contribution in [2.45, 2.75) is 13.8 Å². The Kier molecular flexibility index (Phi) is 5.32. The highest BCUT2D eigenvalue weighted by atomic mass is 15.5. The lowest BCUT2D eigenvalue weighted by molar-refractivity contribution is 0.272. The summed E-state index contributed by atoms with van der Waals surface area (Å²) in [7, 11) is 0. The number of nitrogens with zero attached hydrogens (tertiary/aromatic N) is 3. The second-order valence-corrected chi connectivity index (χ2v) is 6.32. The summed E-state index contributed by atoms with van der Waals surface area (Å²) >= 11 is 0. The number of piperazine rings is 1. The third kappa shape index (κ3) is 4.48. The molecule has 124 valence electrons. The predicted molar refractivity (Wildman–Crippen MR) is 104 cm³/mol. The topological polar surface area (TPSA) is 18.8 Å². The maximum Gasteiger partial charge on any atom is 0.0536 e. The van der Waals surface area contributed by atoms with E-state index in [1.54, 1.807) is 0 Å². The van der Waals surface area contributed by atoms with Crippen molar-refractivity contribution in [2.75, 3.05) is 31.1 Å². The Morgan fingerprint density at radius 1 is 0.917 bits per heavy atom. The van der Waals surface area contributed by atoms with Gasteiger partial charge in [0.05, 0.1) is 13.1 Å². The summed E-state index contributed by atoms with van der Waals surface area (Å²) in [6, 6.07) is 19.1. The van der Waals surface area contributed by atoms with Crippen molar-refractivity contribution in [3.05, 3.63) is 71.3 Å². The molecule has 1 fully saturated rings. The van der Waals surface area contributed by atoms with Gasteiger partial charge in [-0.15, -0.1) is 0 Å². The van der Waals surface area contributed by atoms with Gasteiger partial charge in [-0.05, 0) is 37.1 Å². The van der Waals surface area contributed by atoms with E-state index in [9.17, 15) is 0 Å². The zero-order chi connectivity index (χ0) is 16.8. The third-order valence-electron chi connectivity index (χ3n) is 4.27. The first-order valence-electron chi connectivity index (χ1n) is 8.54. The van der Waals surface area contributed by atoms with Gasteiger partial charge in [0.15, 0.2) is 0 Å². The molecule has 1 heterocycles. The first-order valence-corrected chi connectivity index (χ1v) is 8.54. The normalized spacial score (nSPS) is 16.0. The summed E-state index contributed by atoms with van der Waals surface area (Å²) in [5, 5.41) is 6.79. The fourth-order valence-electron chi connectivity index (χ4n) is 2.85. The van der Waals surface area contributed by atoms with Gasteiger partial charge >= 0.3 is 0 Å². The van der Waals surface area contributed by atoms with Gasteiger partial charge in [0.1, 0.15) is 0 Å². The van der Waals surface area contributed by atoms with E-state index < -0.39 is 0 Å². The third-order valence-corrected chi connectivity index (χ3v) is 4.27. The largest absolute Gasteiger partial charge is 0.368 e. The van der Waals surface area contributed by atoms with Crippen LogP contribution in [0.1, 0.15) is 18.1 Å². The molecule has 0 bridgehead atoms. The van der Waals surface area contributed by atoms with E-state index in [-0.39, 0.29) is 0 Å². The lowest BCUT2D eigenvalue weighted by Gasteiger charge is -2.34. The number of hydrogen-bond acceptors (Lipinski definition) is 3. The van der Waals surface area contributed by atoms with Crippen LogP contribution < -0.4 is 4.90 Å². The first-order chi connectivity index (χ1) is 11.7. The minimum absolute atomic E-state index is 0.961. The highest BCUT2D eigenvalue weighted by molar-refractivity contribution is 5.84. The van der Waals surface area contributed by atoms with Crippen molar-refractivity contribution < 1.29 is 0 Å². The van der Waals surface area contributed by atoms with Crippen molar-refractivity contribution in [2.24, 2.45) is 5.10 Å². The molecule has 0 unspecified atom stereocenters. The van der Waals surface area contributed by atoms with Crippen LogP contribution >= 0.6 is 0 Å². The molecule has 3 rings (SSSR count). The summed E-state index contributed by atoms with van der Waals surface area (Å²) in [5.74, 6) is 0. The zero-order valence-corrected chi connectivity index (χ0v) is 14.5. The fourth-order valence-corrected chi connectivity index (χ4v) is 2.85. The SMILES string of the molecule is CC(C=NN1CCN(c2ccc(C)cc2)CC1)=Cc1ccccc1. The Morgan fingerprint density at radius 2 is 1.58 bits per heavy atom. The number of rotatable bonds is 4. The summed E-state index contributed by atoms with van der Waals surface area (Å²) in [6.45, 7) is 8.18. The Hall–Kier alpha value is -2.55. The summed E-state index contributed by atoms with van der Waals surface area (Å²) < 4.78 is 0. The van der Waals surface area contributed by atoms with Crippen LogP contribution in [0.4, 0.5) is 5.69 Å². The Labute approximate surface area is 144 Å². The zero-order valence-electron chi connectivity index (χ0n) is 14.5. The van der Waals surface area contributed by atoms with E-state index in [4.69, 9.17) is 0 Å². The summed E-state index contributed by atoms with van der Waals surface area (Å²) in [4.78, 5) is 2.43. The first kappa shape index (κ1) is 16.3. The lowest BCUT2D eigenvalue weighted by atomic mass is 10.1. The molecule has 24 heavy (non-hydrogen) atoms. The van der Waals surface area contributed by atoms with Gasteiger partial charge in [0, 0.05) is 25.0 Å². The highest BCUT2D eigenvalue weighted by Gasteiger charge is 2.15. The van der Waals surface area contributed by atoms with Gasteiger partial charge in [0.2, 0.25) is 0 Å². The van der Waals surface area contributed by atoms with Gasteiger partial charge < -0.3 is 4.90 Å². The molecule has 3 heteroatoms. The van der Waals surface area contributed by atoms with Crippen molar-refractivity contribution in [3.8, 4) is 0 Å². The van der Waals surface area contributed by atoms with Crippen LogP contribution in [0, 0.1) is 6.92 Å². The number of aryl methyl sites for hydroxylation is 1. The number of anilines is 1. The van der Waals surface area contributed by atoms with Crippen molar-refractivity contribution in [3.63, 3.8) is 0 Å². The van der Waals surface area contributed by atoms with Crippen LogP contribution in [-0.2, 0) is 0 Å². The van der Waals surface area contributed by atoms with Gasteiger partial charge in [-0.25, -0.2) is 0 Å². The van der Waals surface area contributed by atoms with Crippen LogP contribution in [0.15, 0.2) is 65.3 Å². The van der Waals surface area contributed by atoms with E-state index in [1.165, 1.54) is 22.4 Å². The van der Waals surface area contributed by atoms with Gasteiger partial charge in [-0.2, -0.15) is 5.10 Å². The Morgan fingerprint density at radius 3 is 2.25 bits per heavy atom. The molecule has 1 aliphatic rings. The standard InChI is InChI=1S/C21H25N3/c1-18-8-10-21(11-9-18)23-12-14-24(15-13-23)22-17-19(2)16-20-6-4-3-5-7-20/h3-11,16-17H,12-15H2,1-2H3. The molecule has 0 amide bonds. The molecule has 0 saturated carbocycles. The maximum absolute atomic E-state index is 4.63. The molecule has 2 aromatic rings. The Bertz CT molecular complexity index is 694. The van der Waals surface area contributed by atoms with E-state index >= 15 is 0 Å². The van der Waals surface area contributed by atoms with Crippen LogP contribution in [-0.4, -0.2) is 37.4 Å². The maximum atomic E-state index is 4.63. The van der Waals surface area contributed by atoms with Crippen LogP contribution in [0.25, 0.3) is 6.08 Å². The quantitative estimate of drug-likeness (QED) is 0.786. The van der Waals surface area contributed by atoms with Crippen molar-refractivity contribution in [1.29, 1.82) is 0 Å². The van der Waals surface area contributed by atoms with E-state index in [1.807, 2.05) is 12.3 Å². The highest BCUT2D eigenvalue weighted by Crippen LogP contribution is 2.17.